The highest BCUT2D eigenvalue weighted by atomic mass is 35.5. The average molecular weight is 561 g/mol. The first-order valence-corrected chi connectivity index (χ1v) is 13.9. The molecule has 0 unspecified atom stereocenters. The number of benzene rings is 2. The number of aryl methyl sites for hydroxylation is 1. The standard InChI is InChI=1S/C18H25FN2O2S.C9H8ClF3/c1-18(5-7-20-8-6-18)11-23-16-10-15(19)14(17(22)21-24-2)9-13(16)12-3-4-12;1-2-6-3-7(9(11,12)13)5-8(10)4-6/h9-10,12,20H,3-8,11H2,1-2H3,(H,21,22);3-5H,2H2,1H3. The Labute approximate surface area is 225 Å². The topological polar surface area (TPSA) is 50.4 Å². The van der Waals surface area contributed by atoms with Gasteiger partial charge in [0.05, 0.1) is 17.7 Å². The second-order valence-corrected chi connectivity index (χ2v) is 10.9. The lowest BCUT2D eigenvalue weighted by Gasteiger charge is -2.34. The predicted molar refractivity (Wildman–Crippen MR) is 141 cm³/mol. The Morgan fingerprint density at radius 1 is 1.19 bits per heavy atom. The quantitative estimate of drug-likeness (QED) is 0.274. The molecule has 2 aromatic carbocycles. The molecule has 2 aliphatic rings. The molecule has 0 bridgehead atoms. The van der Waals surface area contributed by atoms with E-state index in [1.165, 1.54) is 24.1 Å². The minimum Gasteiger partial charge on any atom is -0.493 e. The van der Waals surface area contributed by atoms with Crippen molar-refractivity contribution in [3.8, 4) is 5.75 Å². The summed E-state index contributed by atoms with van der Waals surface area (Å²) in [7, 11) is 0. The average Bonchev–Trinajstić information content (AvgIpc) is 3.68. The van der Waals surface area contributed by atoms with Crippen LogP contribution in [-0.2, 0) is 12.6 Å². The van der Waals surface area contributed by atoms with Gasteiger partial charge in [-0.1, -0.05) is 37.4 Å². The van der Waals surface area contributed by atoms with Gasteiger partial charge >= 0.3 is 6.18 Å². The number of amides is 1. The molecule has 10 heteroatoms. The van der Waals surface area contributed by atoms with E-state index in [-0.39, 0.29) is 16.0 Å². The number of ether oxygens (including phenoxy) is 1. The fourth-order valence-electron chi connectivity index (χ4n) is 4.18. The van der Waals surface area contributed by atoms with Crippen LogP contribution in [0.4, 0.5) is 17.6 Å². The molecule has 0 radical (unpaired) electrons. The number of carbonyl (C=O) groups is 1. The van der Waals surface area contributed by atoms with Gasteiger partial charge in [-0.3, -0.25) is 9.52 Å². The van der Waals surface area contributed by atoms with Crippen molar-refractivity contribution in [2.75, 3.05) is 26.0 Å². The lowest BCUT2D eigenvalue weighted by molar-refractivity contribution is -0.137. The second-order valence-electron chi connectivity index (χ2n) is 9.83. The van der Waals surface area contributed by atoms with E-state index in [1.54, 1.807) is 19.2 Å². The molecule has 37 heavy (non-hydrogen) atoms. The van der Waals surface area contributed by atoms with Gasteiger partial charge in [0, 0.05) is 22.8 Å². The minimum atomic E-state index is -4.31. The smallest absolute Gasteiger partial charge is 0.416 e. The zero-order valence-corrected chi connectivity index (χ0v) is 22.8. The first kappa shape index (κ1) is 29.6. The molecule has 0 spiro atoms. The van der Waals surface area contributed by atoms with Crippen LogP contribution in [0.2, 0.25) is 5.02 Å². The van der Waals surface area contributed by atoms with Gasteiger partial charge in [-0.05, 0) is 86.5 Å². The molecule has 2 aromatic rings. The summed E-state index contributed by atoms with van der Waals surface area (Å²) in [5.74, 6) is 0.0906. The molecule has 1 amide bonds. The van der Waals surface area contributed by atoms with Crippen molar-refractivity contribution >= 4 is 29.5 Å². The molecule has 4 rings (SSSR count). The lowest BCUT2D eigenvalue weighted by Crippen LogP contribution is -2.38. The molecule has 0 aromatic heterocycles. The third kappa shape index (κ3) is 8.52. The van der Waals surface area contributed by atoms with Crippen LogP contribution < -0.4 is 14.8 Å². The Hall–Kier alpha value is -1.97. The number of rotatable bonds is 7. The maximum Gasteiger partial charge on any atom is 0.416 e. The summed E-state index contributed by atoms with van der Waals surface area (Å²) >= 11 is 6.71. The monoisotopic (exact) mass is 560 g/mol. The number of hydrogen-bond donors (Lipinski definition) is 2. The molecule has 0 atom stereocenters. The predicted octanol–water partition coefficient (Wildman–Crippen LogP) is 7.40. The molecule has 204 valence electrons. The van der Waals surface area contributed by atoms with Crippen molar-refractivity contribution in [1.29, 1.82) is 0 Å². The Morgan fingerprint density at radius 2 is 1.86 bits per heavy atom. The maximum absolute atomic E-state index is 14.4. The maximum atomic E-state index is 14.4. The molecule has 1 saturated carbocycles. The fourth-order valence-corrected chi connectivity index (χ4v) is 4.73. The molecular formula is C27H33ClF4N2O2S. The van der Waals surface area contributed by atoms with E-state index in [2.05, 4.69) is 17.0 Å². The van der Waals surface area contributed by atoms with Crippen LogP contribution in [0.1, 0.15) is 72.5 Å². The molecule has 1 heterocycles. The molecule has 1 aliphatic heterocycles. The summed E-state index contributed by atoms with van der Waals surface area (Å²) in [4.78, 5) is 12.0. The van der Waals surface area contributed by atoms with Crippen LogP contribution in [0.5, 0.6) is 5.75 Å². The van der Waals surface area contributed by atoms with Gasteiger partial charge in [0.25, 0.3) is 5.91 Å². The van der Waals surface area contributed by atoms with E-state index in [4.69, 9.17) is 16.3 Å². The zero-order valence-electron chi connectivity index (χ0n) is 21.2. The van der Waals surface area contributed by atoms with Crippen LogP contribution >= 0.6 is 23.5 Å². The molecule has 2 fully saturated rings. The van der Waals surface area contributed by atoms with Crippen LogP contribution in [0.3, 0.4) is 0 Å². The molecule has 4 nitrogen and oxygen atoms in total. The van der Waals surface area contributed by atoms with Gasteiger partial charge in [0.1, 0.15) is 11.6 Å². The highest BCUT2D eigenvalue weighted by Gasteiger charge is 2.32. The van der Waals surface area contributed by atoms with Crippen molar-refractivity contribution in [3.63, 3.8) is 0 Å². The van der Waals surface area contributed by atoms with Crippen molar-refractivity contribution in [2.45, 2.75) is 58.0 Å². The Morgan fingerprint density at radius 3 is 2.43 bits per heavy atom. The Kier molecular flexibility index (Phi) is 10.2. The third-order valence-corrected chi connectivity index (χ3v) is 7.24. The molecule has 2 N–H and O–H groups in total. The summed E-state index contributed by atoms with van der Waals surface area (Å²) in [5, 5.41) is 3.49. The molecule has 1 aliphatic carbocycles. The third-order valence-electron chi connectivity index (χ3n) is 6.64. The minimum absolute atomic E-state index is 0.103. The second kappa shape index (κ2) is 12.7. The summed E-state index contributed by atoms with van der Waals surface area (Å²) < 4.78 is 59.7. The van der Waals surface area contributed by atoms with Gasteiger partial charge in [-0.25, -0.2) is 4.39 Å². The van der Waals surface area contributed by atoms with Gasteiger partial charge < -0.3 is 10.1 Å². The highest BCUT2D eigenvalue weighted by Crippen LogP contribution is 2.45. The van der Waals surface area contributed by atoms with Crippen molar-refractivity contribution in [1.82, 2.24) is 10.0 Å². The fraction of sp³-hybridized carbons (Fsp3) is 0.519. The van der Waals surface area contributed by atoms with Gasteiger partial charge in [0.2, 0.25) is 0 Å². The van der Waals surface area contributed by atoms with Crippen molar-refractivity contribution in [3.05, 3.63) is 63.4 Å². The summed E-state index contributed by atoms with van der Waals surface area (Å²) in [5.41, 5.74) is 1.11. The van der Waals surface area contributed by atoms with E-state index >= 15 is 0 Å². The Balaban J connectivity index is 0.000000248. The van der Waals surface area contributed by atoms with E-state index in [0.29, 0.717) is 30.3 Å². The van der Waals surface area contributed by atoms with E-state index in [1.807, 2.05) is 0 Å². The van der Waals surface area contributed by atoms with Gasteiger partial charge in [-0.2, -0.15) is 13.2 Å². The normalized spacial score (nSPS) is 17.0. The first-order valence-electron chi connectivity index (χ1n) is 12.3. The van der Waals surface area contributed by atoms with E-state index < -0.39 is 23.5 Å². The van der Waals surface area contributed by atoms with Gasteiger partial charge in [-0.15, -0.1) is 0 Å². The highest BCUT2D eigenvalue weighted by molar-refractivity contribution is 7.97. The lowest BCUT2D eigenvalue weighted by atomic mass is 9.82. The van der Waals surface area contributed by atoms with Crippen molar-refractivity contribution in [2.24, 2.45) is 5.41 Å². The van der Waals surface area contributed by atoms with Crippen LogP contribution in [0.25, 0.3) is 0 Å². The van der Waals surface area contributed by atoms with Crippen LogP contribution in [0.15, 0.2) is 30.3 Å². The first-order chi connectivity index (χ1) is 17.5. The van der Waals surface area contributed by atoms with Crippen molar-refractivity contribution < 1.29 is 27.1 Å². The largest absolute Gasteiger partial charge is 0.493 e. The number of nitrogens with one attached hydrogen (secondary N) is 2. The van der Waals surface area contributed by atoms with E-state index in [9.17, 15) is 22.4 Å². The summed E-state index contributed by atoms with van der Waals surface area (Å²) in [6.07, 6.45) is 2.25. The number of alkyl halides is 3. The number of piperidine rings is 1. The van der Waals surface area contributed by atoms with Gasteiger partial charge in [0.15, 0.2) is 0 Å². The van der Waals surface area contributed by atoms with E-state index in [0.717, 1.165) is 56.5 Å². The summed E-state index contributed by atoms with van der Waals surface area (Å²) in [6.45, 7) is 6.59. The molecule has 1 saturated heterocycles. The number of halogens is 5. The zero-order chi connectivity index (χ0) is 27.2. The Bertz CT molecular complexity index is 1090. The summed E-state index contributed by atoms with van der Waals surface area (Å²) in [6, 6.07) is 6.66. The number of hydrogen-bond acceptors (Lipinski definition) is 4. The van der Waals surface area contributed by atoms with Crippen LogP contribution in [-0.4, -0.2) is 31.9 Å². The molecular weight excluding hydrogens is 528 g/mol. The van der Waals surface area contributed by atoms with Crippen LogP contribution in [0, 0.1) is 11.2 Å². The SMILES string of the molecule is CCc1cc(Cl)cc(C(F)(F)F)c1.CSNC(=O)c1cc(C2CC2)c(OCC2(C)CCNCC2)cc1F. The number of carbonyl (C=O) groups excluding carboxylic acids is 1.